The number of nitrogens with zero attached hydrogens (tertiary/aromatic N) is 1. The van der Waals surface area contributed by atoms with E-state index in [2.05, 4.69) is 10.3 Å². The summed E-state index contributed by atoms with van der Waals surface area (Å²) in [5, 5.41) is 4.12. The minimum absolute atomic E-state index is 0.0970. The number of methoxy groups -OCH3 is 1. The first-order chi connectivity index (χ1) is 15.9. The van der Waals surface area contributed by atoms with Gasteiger partial charge in [0.25, 0.3) is 5.91 Å². The number of nitrogens with one attached hydrogen (secondary N) is 1. The Morgan fingerprint density at radius 1 is 0.970 bits per heavy atom. The highest BCUT2D eigenvalue weighted by molar-refractivity contribution is 6.31. The molecule has 4 aromatic rings. The number of carbonyl (C=O) groups is 2. The number of ether oxygens (including phenoxy) is 2. The van der Waals surface area contributed by atoms with Crippen LogP contribution in [0.1, 0.15) is 27.7 Å². The van der Waals surface area contributed by atoms with Gasteiger partial charge in [0, 0.05) is 21.7 Å². The number of fused-ring (bicyclic) bond motifs is 1. The monoisotopic (exact) mass is 460 g/mol. The molecule has 7 heteroatoms. The summed E-state index contributed by atoms with van der Waals surface area (Å²) in [6.45, 7) is 1.87. The molecule has 3 aromatic carbocycles. The smallest absolute Gasteiger partial charge is 0.358 e. The van der Waals surface area contributed by atoms with Crippen molar-refractivity contribution < 1.29 is 19.1 Å². The number of anilines is 1. The zero-order valence-corrected chi connectivity index (χ0v) is 18.8. The van der Waals surface area contributed by atoms with E-state index in [1.807, 2.05) is 19.1 Å². The van der Waals surface area contributed by atoms with E-state index in [-0.39, 0.29) is 5.69 Å². The molecule has 0 radical (unpaired) electrons. The first kappa shape index (κ1) is 22.3. The molecule has 1 N–H and O–H groups in total. The van der Waals surface area contributed by atoms with E-state index < -0.39 is 18.0 Å². The quantitative estimate of drug-likeness (QED) is 0.371. The molecule has 1 heterocycles. The van der Waals surface area contributed by atoms with Crippen LogP contribution in [0.2, 0.25) is 5.02 Å². The van der Waals surface area contributed by atoms with Gasteiger partial charge in [-0.2, -0.15) is 0 Å². The van der Waals surface area contributed by atoms with E-state index in [1.165, 1.54) is 0 Å². The van der Waals surface area contributed by atoms with E-state index in [0.29, 0.717) is 27.5 Å². The number of aryl methyl sites for hydroxylation is 1. The molecule has 0 aliphatic carbocycles. The summed E-state index contributed by atoms with van der Waals surface area (Å²) in [5.74, 6) is -0.518. The van der Waals surface area contributed by atoms with Crippen molar-refractivity contribution in [2.24, 2.45) is 0 Å². The van der Waals surface area contributed by atoms with Gasteiger partial charge in [0.05, 0.1) is 12.6 Å². The molecule has 0 aliphatic rings. The maximum absolute atomic E-state index is 13.1. The zero-order chi connectivity index (χ0) is 23.4. The van der Waals surface area contributed by atoms with E-state index >= 15 is 0 Å². The number of hydrogen-bond acceptors (Lipinski definition) is 5. The molecule has 0 saturated heterocycles. The average Bonchev–Trinajstić information content (AvgIpc) is 2.84. The second-order valence-corrected chi connectivity index (χ2v) is 7.81. The van der Waals surface area contributed by atoms with Gasteiger partial charge in [-0.25, -0.2) is 9.78 Å². The van der Waals surface area contributed by atoms with E-state index in [1.54, 1.807) is 73.8 Å². The van der Waals surface area contributed by atoms with Gasteiger partial charge >= 0.3 is 5.97 Å². The summed E-state index contributed by atoms with van der Waals surface area (Å²) < 4.78 is 10.9. The van der Waals surface area contributed by atoms with Crippen LogP contribution in [0.4, 0.5) is 5.69 Å². The van der Waals surface area contributed by atoms with Crippen LogP contribution in [0.3, 0.4) is 0 Å². The molecule has 0 fully saturated rings. The molecule has 1 amide bonds. The van der Waals surface area contributed by atoms with Crippen LogP contribution in [-0.4, -0.2) is 24.0 Å². The second kappa shape index (κ2) is 9.71. The lowest BCUT2D eigenvalue weighted by molar-refractivity contribution is -0.125. The van der Waals surface area contributed by atoms with Crippen LogP contribution in [0.15, 0.2) is 78.9 Å². The van der Waals surface area contributed by atoms with Crippen molar-refractivity contribution in [3.63, 3.8) is 0 Å². The highest BCUT2D eigenvalue weighted by Crippen LogP contribution is 2.25. The first-order valence-corrected chi connectivity index (χ1v) is 10.6. The van der Waals surface area contributed by atoms with Gasteiger partial charge in [-0.3, -0.25) is 4.79 Å². The first-order valence-electron chi connectivity index (χ1n) is 10.2. The van der Waals surface area contributed by atoms with Crippen LogP contribution in [0, 0.1) is 6.92 Å². The Labute approximate surface area is 196 Å². The van der Waals surface area contributed by atoms with Crippen molar-refractivity contribution in [2.45, 2.75) is 13.0 Å². The molecular formula is C26H21ClN2O4. The standard InChI is InChI=1S/C26H21ClN2O4/c1-16-8-10-19(15-21(16)27)28-25(30)24(17-6-4-3-5-7-17)33-26(31)23-12-9-18-14-20(32-2)11-13-22(18)29-23/h3-15,24H,1-2H3,(H,28,30). The topological polar surface area (TPSA) is 77.5 Å². The number of carbonyl (C=O) groups excluding carboxylic acids is 2. The largest absolute Gasteiger partial charge is 0.497 e. The number of pyridine rings is 1. The van der Waals surface area contributed by atoms with Crippen LogP contribution in [-0.2, 0) is 9.53 Å². The lowest BCUT2D eigenvalue weighted by Gasteiger charge is -2.18. The van der Waals surface area contributed by atoms with E-state index in [0.717, 1.165) is 10.9 Å². The fourth-order valence-electron chi connectivity index (χ4n) is 3.29. The molecular weight excluding hydrogens is 440 g/mol. The van der Waals surface area contributed by atoms with Gasteiger partial charge in [0.1, 0.15) is 11.4 Å². The molecule has 0 aliphatic heterocycles. The van der Waals surface area contributed by atoms with Crippen molar-refractivity contribution in [1.82, 2.24) is 4.98 Å². The molecule has 1 unspecified atom stereocenters. The predicted molar refractivity (Wildman–Crippen MR) is 128 cm³/mol. The zero-order valence-electron chi connectivity index (χ0n) is 18.0. The van der Waals surface area contributed by atoms with Crippen molar-refractivity contribution >= 4 is 40.1 Å². The highest BCUT2D eigenvalue weighted by atomic mass is 35.5. The number of rotatable bonds is 6. The molecule has 0 spiro atoms. The van der Waals surface area contributed by atoms with E-state index in [4.69, 9.17) is 21.1 Å². The molecule has 1 atom stereocenters. The molecule has 0 saturated carbocycles. The Balaban J connectivity index is 1.59. The number of halogens is 1. The van der Waals surface area contributed by atoms with Gasteiger partial charge in [-0.15, -0.1) is 0 Å². The SMILES string of the molecule is COc1ccc2nc(C(=O)OC(C(=O)Nc3ccc(C)c(Cl)c3)c3ccccc3)ccc2c1. The summed E-state index contributed by atoms with van der Waals surface area (Å²) in [6.07, 6.45) is -1.17. The third-order valence-electron chi connectivity index (χ3n) is 5.11. The average molecular weight is 461 g/mol. The molecule has 33 heavy (non-hydrogen) atoms. The number of aromatic nitrogens is 1. The maximum Gasteiger partial charge on any atom is 0.358 e. The number of benzene rings is 3. The number of esters is 1. The Bertz CT molecular complexity index is 1320. The Kier molecular flexibility index (Phi) is 6.56. The lowest BCUT2D eigenvalue weighted by Crippen LogP contribution is -2.26. The van der Waals surface area contributed by atoms with Crippen molar-refractivity contribution in [3.05, 3.63) is 101 Å². The molecule has 4 rings (SSSR count). The Hall–Kier alpha value is -3.90. The summed E-state index contributed by atoms with van der Waals surface area (Å²) in [5.41, 5.74) is 2.64. The Morgan fingerprint density at radius 2 is 1.76 bits per heavy atom. The molecule has 1 aromatic heterocycles. The van der Waals surface area contributed by atoms with Crippen molar-refractivity contribution in [2.75, 3.05) is 12.4 Å². The normalized spacial score (nSPS) is 11.6. The summed E-state index contributed by atoms with van der Waals surface area (Å²) in [6, 6.07) is 22.7. The van der Waals surface area contributed by atoms with Gasteiger partial charge in [0.15, 0.2) is 0 Å². The minimum atomic E-state index is -1.17. The predicted octanol–water partition coefficient (Wildman–Crippen LogP) is 5.74. The lowest BCUT2D eigenvalue weighted by atomic mass is 10.1. The van der Waals surface area contributed by atoms with Crippen LogP contribution >= 0.6 is 11.6 Å². The van der Waals surface area contributed by atoms with Crippen molar-refractivity contribution in [1.29, 1.82) is 0 Å². The molecule has 166 valence electrons. The fraction of sp³-hybridized carbons (Fsp3) is 0.115. The van der Waals surface area contributed by atoms with Crippen LogP contribution < -0.4 is 10.1 Å². The van der Waals surface area contributed by atoms with Gasteiger partial charge in [-0.1, -0.05) is 54.1 Å². The number of amides is 1. The molecule has 0 bridgehead atoms. The van der Waals surface area contributed by atoms with Crippen molar-refractivity contribution in [3.8, 4) is 5.75 Å². The minimum Gasteiger partial charge on any atom is -0.497 e. The third kappa shape index (κ3) is 5.13. The second-order valence-electron chi connectivity index (χ2n) is 7.40. The number of hydrogen-bond donors (Lipinski definition) is 1. The maximum atomic E-state index is 13.1. The van der Waals surface area contributed by atoms with Gasteiger partial charge in [-0.05, 0) is 48.9 Å². The fourth-order valence-corrected chi connectivity index (χ4v) is 3.47. The summed E-state index contributed by atoms with van der Waals surface area (Å²) >= 11 is 6.17. The third-order valence-corrected chi connectivity index (χ3v) is 5.52. The summed E-state index contributed by atoms with van der Waals surface area (Å²) in [4.78, 5) is 30.4. The van der Waals surface area contributed by atoms with Crippen LogP contribution in [0.5, 0.6) is 5.75 Å². The summed E-state index contributed by atoms with van der Waals surface area (Å²) in [7, 11) is 1.58. The van der Waals surface area contributed by atoms with Gasteiger partial charge < -0.3 is 14.8 Å². The van der Waals surface area contributed by atoms with Crippen LogP contribution in [0.25, 0.3) is 10.9 Å². The highest BCUT2D eigenvalue weighted by Gasteiger charge is 2.26. The van der Waals surface area contributed by atoms with E-state index in [9.17, 15) is 9.59 Å². The molecule has 6 nitrogen and oxygen atoms in total. The van der Waals surface area contributed by atoms with Gasteiger partial charge in [0.2, 0.25) is 6.10 Å². The Morgan fingerprint density at radius 3 is 2.48 bits per heavy atom.